The van der Waals surface area contributed by atoms with Crippen LogP contribution in [0.1, 0.15) is 54.5 Å². The molecular weight excluding hydrogens is 397 g/mol. The van der Waals surface area contributed by atoms with E-state index in [4.69, 9.17) is 4.98 Å². The number of nitrogens with zero attached hydrogens (tertiary/aromatic N) is 2. The molecule has 1 aliphatic carbocycles. The number of fused-ring (bicyclic) bond motifs is 5. The Morgan fingerprint density at radius 3 is 2.77 bits per heavy atom. The summed E-state index contributed by atoms with van der Waals surface area (Å²) in [5, 5.41) is 14.2. The van der Waals surface area contributed by atoms with Crippen molar-refractivity contribution in [3.05, 3.63) is 56.6 Å². The number of halogens is 1. The predicted octanol–water partition coefficient (Wildman–Crippen LogP) is 3.50. The van der Waals surface area contributed by atoms with Gasteiger partial charge >= 0.3 is 0 Å². The Balaban J connectivity index is 1.79. The quantitative estimate of drug-likeness (QED) is 0.527. The van der Waals surface area contributed by atoms with Crippen molar-refractivity contribution in [2.24, 2.45) is 0 Å². The van der Waals surface area contributed by atoms with E-state index in [0.29, 0.717) is 46.7 Å². The number of rotatable bonds is 4. The Bertz CT molecular complexity index is 1310. The highest BCUT2D eigenvalue weighted by atomic mass is 19.1. The SMILES string of the molecule is CCCCc1c2c(nc3cc(F)c(NC)cc13)-c1cc3c(c(=O)n1C2)CCC(=O)C3O. The molecule has 0 spiro atoms. The van der Waals surface area contributed by atoms with E-state index < -0.39 is 6.10 Å². The first kappa shape index (κ1) is 19.9. The Morgan fingerprint density at radius 2 is 2.03 bits per heavy atom. The van der Waals surface area contributed by atoms with Gasteiger partial charge in [-0.3, -0.25) is 9.59 Å². The van der Waals surface area contributed by atoms with Crippen molar-refractivity contribution < 1.29 is 14.3 Å². The van der Waals surface area contributed by atoms with E-state index >= 15 is 0 Å². The van der Waals surface area contributed by atoms with E-state index in [9.17, 15) is 19.1 Å². The maximum Gasteiger partial charge on any atom is 0.254 e. The largest absolute Gasteiger partial charge is 0.386 e. The average Bonchev–Trinajstić information content (AvgIpc) is 3.12. The number of carbonyl (C=O) groups excluding carboxylic acids is 1. The van der Waals surface area contributed by atoms with Gasteiger partial charge in [-0.05, 0) is 42.5 Å². The first-order valence-corrected chi connectivity index (χ1v) is 10.7. The zero-order valence-corrected chi connectivity index (χ0v) is 17.6. The van der Waals surface area contributed by atoms with Gasteiger partial charge in [-0.15, -0.1) is 0 Å². The number of benzene rings is 1. The van der Waals surface area contributed by atoms with Crippen LogP contribution in [-0.2, 0) is 24.2 Å². The second kappa shape index (κ2) is 7.27. The second-order valence-corrected chi connectivity index (χ2v) is 8.34. The number of aromatic nitrogens is 2. The number of Topliss-reactive ketones (excluding diaryl/α,β-unsaturated/α-hetero) is 1. The fourth-order valence-corrected chi connectivity index (χ4v) is 4.88. The molecule has 160 valence electrons. The summed E-state index contributed by atoms with van der Waals surface area (Å²) in [5.41, 5.74) is 4.94. The lowest BCUT2D eigenvalue weighted by molar-refractivity contribution is -0.128. The third-order valence-corrected chi connectivity index (χ3v) is 6.56. The van der Waals surface area contributed by atoms with Crippen LogP contribution in [-0.4, -0.2) is 27.5 Å². The molecule has 31 heavy (non-hydrogen) atoms. The van der Waals surface area contributed by atoms with Gasteiger partial charge in [0.05, 0.1) is 29.1 Å². The second-order valence-electron chi connectivity index (χ2n) is 8.34. The molecule has 0 bridgehead atoms. The maximum absolute atomic E-state index is 14.5. The number of aliphatic hydroxyl groups is 1. The monoisotopic (exact) mass is 421 g/mol. The van der Waals surface area contributed by atoms with E-state index in [1.807, 2.05) is 0 Å². The Kier molecular flexibility index (Phi) is 4.66. The lowest BCUT2D eigenvalue weighted by Gasteiger charge is -2.21. The van der Waals surface area contributed by atoms with Crippen LogP contribution in [0.25, 0.3) is 22.3 Å². The minimum absolute atomic E-state index is 0.172. The van der Waals surface area contributed by atoms with E-state index in [-0.39, 0.29) is 23.6 Å². The lowest BCUT2D eigenvalue weighted by Crippen LogP contribution is -2.31. The molecule has 7 heteroatoms. The van der Waals surface area contributed by atoms with Gasteiger partial charge in [-0.1, -0.05) is 13.3 Å². The molecule has 0 radical (unpaired) electrons. The average molecular weight is 421 g/mol. The zero-order chi connectivity index (χ0) is 21.9. The first-order chi connectivity index (χ1) is 14.9. The number of hydrogen-bond acceptors (Lipinski definition) is 5. The summed E-state index contributed by atoms with van der Waals surface area (Å²) in [6.07, 6.45) is 2.01. The predicted molar refractivity (Wildman–Crippen MR) is 117 cm³/mol. The summed E-state index contributed by atoms with van der Waals surface area (Å²) in [4.78, 5) is 30.0. The third kappa shape index (κ3) is 2.91. The number of nitrogens with one attached hydrogen (secondary N) is 1. The molecule has 0 saturated carbocycles. The van der Waals surface area contributed by atoms with Crippen LogP contribution in [0.3, 0.4) is 0 Å². The fourth-order valence-electron chi connectivity index (χ4n) is 4.88. The van der Waals surface area contributed by atoms with Crippen LogP contribution in [0.4, 0.5) is 10.1 Å². The summed E-state index contributed by atoms with van der Waals surface area (Å²) in [7, 11) is 1.68. The Labute approximate surface area is 178 Å². The van der Waals surface area contributed by atoms with Crippen molar-refractivity contribution in [3.8, 4) is 11.4 Å². The van der Waals surface area contributed by atoms with Crippen molar-refractivity contribution >= 4 is 22.4 Å². The fraction of sp³-hybridized carbons (Fsp3) is 0.375. The molecule has 3 aromatic rings. The van der Waals surface area contributed by atoms with Crippen molar-refractivity contribution in [2.45, 2.75) is 51.7 Å². The maximum atomic E-state index is 14.5. The van der Waals surface area contributed by atoms with Crippen LogP contribution in [0.2, 0.25) is 0 Å². The lowest BCUT2D eigenvalue weighted by atomic mass is 9.89. The van der Waals surface area contributed by atoms with Crippen LogP contribution in [0.15, 0.2) is 23.0 Å². The molecule has 1 atom stereocenters. The van der Waals surface area contributed by atoms with Gasteiger partial charge in [0.25, 0.3) is 5.56 Å². The van der Waals surface area contributed by atoms with Crippen molar-refractivity contribution in [2.75, 3.05) is 12.4 Å². The molecular formula is C24H24FN3O3. The topological polar surface area (TPSA) is 84.2 Å². The summed E-state index contributed by atoms with van der Waals surface area (Å²) in [6.45, 7) is 2.52. The molecule has 1 unspecified atom stereocenters. The standard InChI is InChI=1S/C24H24FN3O3/c1-3-4-5-12-14-8-19(26-2)17(25)10-18(14)27-22-16(12)11-28-20(22)9-15-13(24(28)31)6-7-21(29)23(15)30/h8-10,23,26,30H,3-7,11H2,1-2H3. The number of unbranched alkanes of at least 4 members (excludes halogenated alkanes) is 1. The molecule has 0 amide bonds. The molecule has 6 nitrogen and oxygen atoms in total. The summed E-state index contributed by atoms with van der Waals surface area (Å²) >= 11 is 0. The minimum Gasteiger partial charge on any atom is -0.386 e. The molecule has 1 aliphatic heterocycles. The first-order valence-electron chi connectivity index (χ1n) is 10.7. The minimum atomic E-state index is -1.28. The highest BCUT2D eigenvalue weighted by Crippen LogP contribution is 2.39. The number of ketones is 1. The van der Waals surface area contributed by atoms with E-state index in [0.717, 1.165) is 35.8 Å². The van der Waals surface area contributed by atoms with E-state index in [2.05, 4.69) is 12.2 Å². The molecule has 0 saturated heterocycles. The number of pyridine rings is 2. The van der Waals surface area contributed by atoms with Crippen LogP contribution in [0.5, 0.6) is 0 Å². The highest BCUT2D eigenvalue weighted by Gasteiger charge is 2.33. The Hall–Kier alpha value is -3.06. The third-order valence-electron chi connectivity index (χ3n) is 6.56. The molecule has 0 fully saturated rings. The van der Waals surface area contributed by atoms with Gasteiger partial charge < -0.3 is 15.0 Å². The highest BCUT2D eigenvalue weighted by molar-refractivity contribution is 5.91. The normalized spacial score (nSPS) is 16.9. The van der Waals surface area contributed by atoms with Crippen molar-refractivity contribution in [3.63, 3.8) is 0 Å². The number of aryl methyl sites for hydroxylation is 1. The van der Waals surface area contributed by atoms with Gasteiger partial charge in [0.1, 0.15) is 11.9 Å². The van der Waals surface area contributed by atoms with Gasteiger partial charge in [-0.2, -0.15) is 0 Å². The van der Waals surface area contributed by atoms with Gasteiger partial charge in [0.15, 0.2) is 5.78 Å². The molecule has 1 aromatic carbocycles. The summed E-state index contributed by atoms with van der Waals surface area (Å²) in [6, 6.07) is 4.95. The number of anilines is 1. The summed E-state index contributed by atoms with van der Waals surface area (Å²) < 4.78 is 16.2. The molecule has 5 rings (SSSR count). The molecule has 2 aliphatic rings. The van der Waals surface area contributed by atoms with Crippen LogP contribution < -0.4 is 10.9 Å². The Morgan fingerprint density at radius 1 is 1.23 bits per heavy atom. The molecule has 2 aromatic heterocycles. The van der Waals surface area contributed by atoms with Crippen molar-refractivity contribution in [1.82, 2.24) is 9.55 Å². The van der Waals surface area contributed by atoms with Gasteiger partial charge in [0, 0.05) is 36.0 Å². The summed E-state index contributed by atoms with van der Waals surface area (Å²) in [5.74, 6) is -0.655. The van der Waals surface area contributed by atoms with Crippen molar-refractivity contribution in [1.29, 1.82) is 0 Å². The number of aliphatic hydroxyl groups excluding tert-OH is 1. The number of carbonyl (C=O) groups is 1. The van der Waals surface area contributed by atoms with Crippen LogP contribution in [0, 0.1) is 5.82 Å². The number of hydrogen-bond donors (Lipinski definition) is 2. The van der Waals surface area contributed by atoms with Gasteiger partial charge in [-0.25, -0.2) is 9.37 Å². The van der Waals surface area contributed by atoms with E-state index in [1.54, 1.807) is 23.7 Å². The van der Waals surface area contributed by atoms with Gasteiger partial charge in [0.2, 0.25) is 0 Å². The van der Waals surface area contributed by atoms with Crippen LogP contribution >= 0.6 is 0 Å². The zero-order valence-electron chi connectivity index (χ0n) is 17.6. The van der Waals surface area contributed by atoms with E-state index in [1.165, 1.54) is 6.07 Å². The molecule has 3 heterocycles. The molecule has 2 N–H and O–H groups in total. The smallest absolute Gasteiger partial charge is 0.254 e.